The molecule has 0 bridgehead atoms. The fraction of sp³-hybridized carbons (Fsp3) is 0.786. The molecule has 0 aliphatic carbocycles. The Labute approximate surface area is 124 Å². The zero-order valence-electron chi connectivity index (χ0n) is 12.7. The summed E-state index contributed by atoms with van der Waals surface area (Å²) in [6.45, 7) is 5.04. The molecule has 21 heavy (non-hydrogen) atoms. The number of nitrogens with two attached hydrogens (primary N) is 1. The van der Waals surface area contributed by atoms with Crippen molar-refractivity contribution in [2.24, 2.45) is 11.1 Å². The normalized spacial score (nSPS) is 26.0. The van der Waals surface area contributed by atoms with E-state index in [0.717, 1.165) is 0 Å². The van der Waals surface area contributed by atoms with Crippen LogP contribution in [-0.4, -0.2) is 47.9 Å². The molecule has 1 spiro atoms. The molecule has 0 radical (unpaired) electrons. The number of likely N-dealkylation sites (tertiary alicyclic amines) is 1. The van der Waals surface area contributed by atoms with Gasteiger partial charge in [-0.15, -0.1) is 0 Å². The summed E-state index contributed by atoms with van der Waals surface area (Å²) in [5.41, 5.74) is 4.30. The van der Waals surface area contributed by atoms with Crippen molar-refractivity contribution in [2.45, 2.75) is 45.1 Å². The Bertz CT molecular complexity index is 453. The van der Waals surface area contributed by atoms with Crippen molar-refractivity contribution in [3.63, 3.8) is 0 Å². The van der Waals surface area contributed by atoms with Crippen molar-refractivity contribution in [2.75, 3.05) is 19.6 Å². The van der Waals surface area contributed by atoms with Gasteiger partial charge in [0, 0.05) is 13.1 Å². The fourth-order valence-corrected chi connectivity index (χ4v) is 3.31. The summed E-state index contributed by atoms with van der Waals surface area (Å²) in [6, 6.07) is -0.481. The fourth-order valence-electron chi connectivity index (χ4n) is 3.31. The molecule has 2 aliphatic rings. The predicted molar refractivity (Wildman–Crippen MR) is 77.3 cm³/mol. The van der Waals surface area contributed by atoms with Crippen molar-refractivity contribution in [3.8, 4) is 0 Å². The van der Waals surface area contributed by atoms with E-state index in [1.54, 1.807) is 4.90 Å². The maximum absolute atomic E-state index is 12.8. The Morgan fingerprint density at radius 3 is 2.52 bits per heavy atom. The van der Waals surface area contributed by atoms with Gasteiger partial charge in [0.05, 0.1) is 12.0 Å². The zero-order valence-corrected chi connectivity index (χ0v) is 12.7. The number of carbonyl (C=O) groups is 3. The highest BCUT2D eigenvalue weighted by Gasteiger charge is 2.51. The number of amides is 4. The molecule has 2 heterocycles. The lowest BCUT2D eigenvalue weighted by atomic mass is 9.79. The summed E-state index contributed by atoms with van der Waals surface area (Å²) in [4.78, 5) is 38.0. The van der Waals surface area contributed by atoms with Gasteiger partial charge in [-0.1, -0.05) is 13.8 Å². The molecule has 7 nitrogen and oxygen atoms in total. The van der Waals surface area contributed by atoms with E-state index in [0.29, 0.717) is 38.8 Å². The monoisotopic (exact) mass is 296 g/mol. The Morgan fingerprint density at radius 2 is 2.05 bits per heavy atom. The van der Waals surface area contributed by atoms with Crippen LogP contribution in [0.25, 0.3) is 0 Å². The van der Waals surface area contributed by atoms with E-state index in [4.69, 9.17) is 5.73 Å². The van der Waals surface area contributed by atoms with E-state index in [2.05, 4.69) is 10.6 Å². The molecule has 118 valence electrons. The number of nitrogens with zero attached hydrogens (tertiary/aromatic N) is 1. The van der Waals surface area contributed by atoms with Gasteiger partial charge in [-0.25, -0.2) is 4.79 Å². The van der Waals surface area contributed by atoms with Gasteiger partial charge in [0.2, 0.25) is 5.91 Å². The average Bonchev–Trinajstić information content (AvgIpc) is 2.75. The summed E-state index contributed by atoms with van der Waals surface area (Å²) in [5.74, 6) is -0.348. The van der Waals surface area contributed by atoms with Gasteiger partial charge < -0.3 is 16.0 Å². The molecular formula is C14H24N4O3. The predicted octanol–water partition coefficient (Wildman–Crippen LogP) is -0.0479. The van der Waals surface area contributed by atoms with Crippen molar-refractivity contribution in [3.05, 3.63) is 0 Å². The van der Waals surface area contributed by atoms with Gasteiger partial charge in [-0.2, -0.15) is 0 Å². The quantitative estimate of drug-likeness (QED) is 0.633. The molecule has 0 aromatic rings. The first-order valence-corrected chi connectivity index (χ1v) is 7.56. The molecule has 7 heteroatoms. The van der Waals surface area contributed by atoms with Gasteiger partial charge in [-0.3, -0.25) is 14.9 Å². The third-order valence-corrected chi connectivity index (χ3v) is 4.99. The van der Waals surface area contributed by atoms with Crippen LogP contribution in [0.2, 0.25) is 0 Å². The first kappa shape index (κ1) is 15.8. The first-order valence-electron chi connectivity index (χ1n) is 7.56. The highest BCUT2D eigenvalue weighted by atomic mass is 16.2. The van der Waals surface area contributed by atoms with Crippen molar-refractivity contribution >= 4 is 17.8 Å². The first-order chi connectivity index (χ1) is 9.93. The Kier molecular flexibility index (Phi) is 4.22. The summed E-state index contributed by atoms with van der Waals surface area (Å²) in [5, 5.41) is 4.95. The van der Waals surface area contributed by atoms with E-state index in [1.165, 1.54) is 0 Å². The lowest BCUT2D eigenvalue weighted by Crippen LogP contribution is -2.62. The van der Waals surface area contributed by atoms with Crippen molar-refractivity contribution in [1.82, 2.24) is 15.5 Å². The van der Waals surface area contributed by atoms with Gasteiger partial charge in [0.25, 0.3) is 5.91 Å². The third-order valence-electron chi connectivity index (χ3n) is 4.99. The smallest absolute Gasteiger partial charge is 0.322 e. The second kappa shape index (κ2) is 5.63. The molecule has 2 saturated heterocycles. The minimum absolute atomic E-state index is 0.0111. The number of rotatable bonds is 4. The maximum Gasteiger partial charge on any atom is 0.322 e. The number of imide groups is 1. The number of urea groups is 1. The van der Waals surface area contributed by atoms with Crippen molar-refractivity contribution < 1.29 is 14.4 Å². The lowest BCUT2D eigenvalue weighted by Gasteiger charge is -2.42. The van der Waals surface area contributed by atoms with Crippen LogP contribution in [0.3, 0.4) is 0 Å². The molecule has 2 fully saturated rings. The molecule has 0 aromatic heterocycles. The Morgan fingerprint density at radius 1 is 1.38 bits per heavy atom. The van der Waals surface area contributed by atoms with E-state index < -0.39 is 17.0 Å². The molecule has 2 rings (SSSR count). The van der Waals surface area contributed by atoms with Crippen LogP contribution >= 0.6 is 0 Å². The largest absolute Gasteiger partial charge is 0.339 e. The van der Waals surface area contributed by atoms with Gasteiger partial charge in [-0.05, 0) is 25.7 Å². The number of nitrogens with one attached hydrogen (secondary N) is 2. The highest BCUT2D eigenvalue weighted by molar-refractivity contribution is 6.07. The van der Waals surface area contributed by atoms with Crippen LogP contribution in [-0.2, 0) is 9.59 Å². The zero-order chi connectivity index (χ0) is 15.7. The van der Waals surface area contributed by atoms with Crippen LogP contribution in [0.5, 0.6) is 0 Å². The van der Waals surface area contributed by atoms with E-state index >= 15 is 0 Å². The van der Waals surface area contributed by atoms with E-state index in [9.17, 15) is 14.4 Å². The summed E-state index contributed by atoms with van der Waals surface area (Å²) in [6.07, 6.45) is 2.58. The number of hydrogen-bond donors (Lipinski definition) is 3. The molecule has 0 saturated carbocycles. The summed E-state index contributed by atoms with van der Waals surface area (Å²) in [7, 11) is 0. The van der Waals surface area contributed by atoms with Gasteiger partial charge >= 0.3 is 6.03 Å². The van der Waals surface area contributed by atoms with E-state index in [1.807, 2.05) is 13.8 Å². The minimum atomic E-state index is -0.965. The maximum atomic E-state index is 12.8. The standard InChI is InChI=1S/C14H24N4O3/c1-3-13(4-2,8-15)11(20)18-7-5-6-14(9-18)10(19)16-12(21)17-14/h3-9,15H2,1-2H3,(H2,16,17,19,21). The third kappa shape index (κ3) is 2.50. The van der Waals surface area contributed by atoms with Crippen molar-refractivity contribution in [1.29, 1.82) is 0 Å². The van der Waals surface area contributed by atoms with Gasteiger partial charge in [0.15, 0.2) is 0 Å². The van der Waals surface area contributed by atoms with Crippen LogP contribution in [0.15, 0.2) is 0 Å². The molecule has 1 atom stereocenters. The summed E-state index contributed by atoms with van der Waals surface area (Å²) < 4.78 is 0. The molecule has 2 aliphatic heterocycles. The SMILES string of the molecule is CCC(CC)(CN)C(=O)N1CCCC2(C1)NC(=O)NC2=O. The van der Waals surface area contributed by atoms with Crippen LogP contribution in [0, 0.1) is 5.41 Å². The van der Waals surface area contributed by atoms with Crippen LogP contribution in [0.1, 0.15) is 39.5 Å². The highest BCUT2D eigenvalue weighted by Crippen LogP contribution is 2.32. The molecular weight excluding hydrogens is 272 g/mol. The number of piperidine rings is 1. The second-order valence-corrected chi connectivity index (χ2v) is 6.01. The van der Waals surface area contributed by atoms with E-state index in [-0.39, 0.29) is 18.4 Å². The minimum Gasteiger partial charge on any atom is -0.339 e. The summed E-state index contributed by atoms with van der Waals surface area (Å²) >= 11 is 0. The van der Waals surface area contributed by atoms with Crippen LogP contribution in [0.4, 0.5) is 4.79 Å². The second-order valence-electron chi connectivity index (χ2n) is 6.01. The molecule has 1 unspecified atom stereocenters. The Hall–Kier alpha value is -1.63. The molecule has 0 aromatic carbocycles. The number of hydrogen-bond acceptors (Lipinski definition) is 4. The van der Waals surface area contributed by atoms with Gasteiger partial charge in [0.1, 0.15) is 5.54 Å². The Balaban J connectivity index is 2.20. The molecule has 4 N–H and O–H groups in total. The molecule has 4 amide bonds. The average molecular weight is 296 g/mol. The van der Waals surface area contributed by atoms with Crippen LogP contribution < -0.4 is 16.4 Å². The lowest BCUT2D eigenvalue weighted by molar-refractivity contribution is -0.145. The topological polar surface area (TPSA) is 105 Å². The number of carbonyl (C=O) groups excluding carboxylic acids is 3.